The van der Waals surface area contributed by atoms with Crippen molar-refractivity contribution in [2.45, 2.75) is 32.7 Å². The third-order valence-electron chi connectivity index (χ3n) is 5.73. The van der Waals surface area contributed by atoms with Crippen molar-refractivity contribution in [1.29, 1.82) is 0 Å². The number of amides is 1. The van der Waals surface area contributed by atoms with E-state index in [1.165, 1.54) is 18.5 Å². The molecule has 1 spiro atoms. The first-order chi connectivity index (χ1) is 12.5. The largest absolute Gasteiger partial charge is 0.448 e. The number of aryl methyl sites for hydroxylation is 1. The molecular formula is C20H24FN3O2. The summed E-state index contributed by atoms with van der Waals surface area (Å²) >= 11 is 0. The number of halogens is 1. The van der Waals surface area contributed by atoms with Crippen molar-refractivity contribution in [2.75, 3.05) is 26.2 Å². The summed E-state index contributed by atoms with van der Waals surface area (Å²) in [6, 6.07) is 6.75. The Morgan fingerprint density at radius 3 is 2.77 bits per heavy atom. The van der Waals surface area contributed by atoms with Crippen LogP contribution in [-0.2, 0) is 6.54 Å². The van der Waals surface area contributed by atoms with Crippen LogP contribution in [0, 0.1) is 18.2 Å². The molecule has 2 aliphatic heterocycles. The van der Waals surface area contributed by atoms with E-state index in [1.807, 2.05) is 17.0 Å². The van der Waals surface area contributed by atoms with Gasteiger partial charge in [0.1, 0.15) is 11.6 Å². The van der Waals surface area contributed by atoms with E-state index in [-0.39, 0.29) is 17.1 Å². The summed E-state index contributed by atoms with van der Waals surface area (Å²) in [5, 5.41) is 0. The average molecular weight is 357 g/mol. The van der Waals surface area contributed by atoms with Crippen LogP contribution in [0.4, 0.5) is 4.39 Å². The molecule has 5 nitrogen and oxygen atoms in total. The van der Waals surface area contributed by atoms with Gasteiger partial charge >= 0.3 is 0 Å². The van der Waals surface area contributed by atoms with Gasteiger partial charge in [0.25, 0.3) is 5.91 Å². The Morgan fingerprint density at radius 2 is 2.04 bits per heavy atom. The van der Waals surface area contributed by atoms with Gasteiger partial charge in [-0.1, -0.05) is 12.1 Å². The molecule has 1 amide bonds. The zero-order valence-electron chi connectivity index (χ0n) is 15.1. The number of aromatic nitrogens is 1. The van der Waals surface area contributed by atoms with Gasteiger partial charge in [0, 0.05) is 31.6 Å². The molecule has 1 aromatic carbocycles. The van der Waals surface area contributed by atoms with Crippen LogP contribution >= 0.6 is 0 Å². The topological polar surface area (TPSA) is 49.6 Å². The van der Waals surface area contributed by atoms with Gasteiger partial charge in [-0.05, 0) is 50.4 Å². The van der Waals surface area contributed by atoms with E-state index in [0.717, 1.165) is 57.5 Å². The maximum atomic E-state index is 13.1. The van der Waals surface area contributed by atoms with E-state index < -0.39 is 0 Å². The standard InChI is InChI=1S/C20H24FN3O2/c1-15-18(22-14-26-15)19(25)24-10-8-20(13-24)7-2-9-23(12-20)11-16-3-5-17(21)6-4-16/h3-6,14H,2,7-13H2,1H3. The van der Waals surface area contributed by atoms with Crippen molar-refractivity contribution in [3.8, 4) is 0 Å². The van der Waals surface area contributed by atoms with Crippen LogP contribution in [0.1, 0.15) is 41.1 Å². The molecule has 6 heteroatoms. The summed E-state index contributed by atoms with van der Waals surface area (Å²) in [7, 11) is 0. The molecule has 2 saturated heterocycles. The molecule has 1 unspecified atom stereocenters. The molecule has 26 heavy (non-hydrogen) atoms. The van der Waals surface area contributed by atoms with Crippen LogP contribution in [0.5, 0.6) is 0 Å². The fourth-order valence-electron chi connectivity index (χ4n) is 4.40. The highest BCUT2D eigenvalue weighted by Crippen LogP contribution is 2.39. The molecule has 2 aromatic rings. The lowest BCUT2D eigenvalue weighted by Gasteiger charge is -2.40. The van der Waals surface area contributed by atoms with Crippen molar-refractivity contribution in [3.05, 3.63) is 53.5 Å². The normalized spacial score (nSPS) is 23.7. The van der Waals surface area contributed by atoms with Gasteiger partial charge in [0.2, 0.25) is 0 Å². The van der Waals surface area contributed by atoms with E-state index in [4.69, 9.17) is 4.42 Å². The number of likely N-dealkylation sites (tertiary alicyclic amines) is 2. The summed E-state index contributed by atoms with van der Waals surface area (Å²) in [4.78, 5) is 21.1. The monoisotopic (exact) mass is 357 g/mol. The molecule has 1 aromatic heterocycles. The maximum Gasteiger partial charge on any atom is 0.276 e. The highest BCUT2D eigenvalue weighted by molar-refractivity contribution is 5.93. The van der Waals surface area contributed by atoms with E-state index in [1.54, 1.807) is 6.92 Å². The van der Waals surface area contributed by atoms with Crippen LogP contribution in [0.2, 0.25) is 0 Å². The molecule has 0 radical (unpaired) electrons. The molecule has 0 N–H and O–H groups in total. The molecule has 3 heterocycles. The summed E-state index contributed by atoms with van der Waals surface area (Å²) < 4.78 is 18.3. The first-order valence-corrected chi connectivity index (χ1v) is 9.21. The average Bonchev–Trinajstić information content (AvgIpc) is 3.23. The molecule has 4 rings (SSSR count). The Labute approximate surface area is 152 Å². The molecular weight excluding hydrogens is 333 g/mol. The number of benzene rings is 1. The minimum atomic E-state index is -0.197. The third-order valence-corrected chi connectivity index (χ3v) is 5.73. The predicted octanol–water partition coefficient (Wildman–Crippen LogP) is 3.25. The minimum Gasteiger partial charge on any atom is -0.448 e. The fourth-order valence-corrected chi connectivity index (χ4v) is 4.40. The van der Waals surface area contributed by atoms with E-state index >= 15 is 0 Å². The fraction of sp³-hybridized carbons (Fsp3) is 0.500. The van der Waals surface area contributed by atoms with Crippen LogP contribution in [0.3, 0.4) is 0 Å². The van der Waals surface area contributed by atoms with Gasteiger partial charge in [-0.15, -0.1) is 0 Å². The second-order valence-corrected chi connectivity index (χ2v) is 7.67. The lowest BCUT2D eigenvalue weighted by molar-refractivity contribution is 0.0670. The SMILES string of the molecule is Cc1ocnc1C(=O)N1CCC2(CCCN(Cc3ccc(F)cc3)C2)C1. The molecule has 2 aliphatic rings. The van der Waals surface area contributed by atoms with Gasteiger partial charge in [0.05, 0.1) is 0 Å². The summed E-state index contributed by atoms with van der Waals surface area (Å²) in [5.74, 6) is 0.360. The number of nitrogens with zero attached hydrogens (tertiary/aromatic N) is 3. The number of hydrogen-bond donors (Lipinski definition) is 0. The van der Waals surface area contributed by atoms with Crippen LogP contribution in [0.15, 0.2) is 35.1 Å². The molecule has 0 aliphatic carbocycles. The third kappa shape index (κ3) is 3.38. The van der Waals surface area contributed by atoms with Gasteiger partial charge in [-0.2, -0.15) is 0 Å². The molecule has 138 valence electrons. The first kappa shape index (κ1) is 17.2. The summed E-state index contributed by atoms with van der Waals surface area (Å²) in [6.07, 6.45) is 4.63. The minimum absolute atomic E-state index is 0.0243. The van der Waals surface area contributed by atoms with Crippen molar-refractivity contribution in [2.24, 2.45) is 5.41 Å². The Balaban J connectivity index is 1.41. The van der Waals surface area contributed by atoms with Gasteiger partial charge in [-0.3, -0.25) is 9.69 Å². The van der Waals surface area contributed by atoms with E-state index in [2.05, 4.69) is 9.88 Å². The number of rotatable bonds is 3. The summed E-state index contributed by atoms with van der Waals surface area (Å²) in [6.45, 7) is 6.18. The van der Waals surface area contributed by atoms with E-state index in [0.29, 0.717) is 11.5 Å². The Hall–Kier alpha value is -2.21. The van der Waals surface area contributed by atoms with Gasteiger partial charge in [-0.25, -0.2) is 9.37 Å². The van der Waals surface area contributed by atoms with Crippen molar-refractivity contribution < 1.29 is 13.6 Å². The van der Waals surface area contributed by atoms with Crippen molar-refractivity contribution in [1.82, 2.24) is 14.8 Å². The molecule has 2 fully saturated rings. The highest BCUT2D eigenvalue weighted by Gasteiger charge is 2.43. The maximum absolute atomic E-state index is 13.1. The number of piperidine rings is 1. The van der Waals surface area contributed by atoms with Crippen molar-refractivity contribution in [3.63, 3.8) is 0 Å². The van der Waals surface area contributed by atoms with Crippen LogP contribution in [0.25, 0.3) is 0 Å². The van der Waals surface area contributed by atoms with Crippen LogP contribution < -0.4 is 0 Å². The second-order valence-electron chi connectivity index (χ2n) is 7.67. The molecule has 0 bridgehead atoms. The molecule has 0 saturated carbocycles. The van der Waals surface area contributed by atoms with Crippen molar-refractivity contribution >= 4 is 5.91 Å². The van der Waals surface area contributed by atoms with Gasteiger partial charge < -0.3 is 9.32 Å². The number of oxazole rings is 1. The number of carbonyl (C=O) groups is 1. The smallest absolute Gasteiger partial charge is 0.276 e. The zero-order valence-corrected chi connectivity index (χ0v) is 15.1. The number of hydrogen-bond acceptors (Lipinski definition) is 4. The van der Waals surface area contributed by atoms with Gasteiger partial charge in [0.15, 0.2) is 12.1 Å². The highest BCUT2D eigenvalue weighted by atomic mass is 19.1. The Bertz CT molecular complexity index is 789. The second kappa shape index (κ2) is 6.83. The lowest BCUT2D eigenvalue weighted by atomic mass is 9.79. The Morgan fingerprint density at radius 1 is 1.23 bits per heavy atom. The van der Waals surface area contributed by atoms with E-state index in [9.17, 15) is 9.18 Å². The first-order valence-electron chi connectivity index (χ1n) is 9.21. The summed E-state index contributed by atoms with van der Waals surface area (Å²) in [5.41, 5.74) is 1.72. The predicted molar refractivity (Wildman–Crippen MR) is 95.1 cm³/mol. The molecule has 1 atom stereocenters. The van der Waals surface area contributed by atoms with Crippen LogP contribution in [-0.4, -0.2) is 46.9 Å². The zero-order chi connectivity index (χ0) is 18.1. The lowest BCUT2D eigenvalue weighted by Crippen LogP contribution is -2.45. The Kier molecular flexibility index (Phi) is 4.53. The number of carbonyl (C=O) groups excluding carboxylic acids is 1. The quantitative estimate of drug-likeness (QED) is 0.846.